The molecule has 4 heteroatoms. The molecular weight excluding hydrogens is 322 g/mol. The predicted molar refractivity (Wildman–Crippen MR) is 99.9 cm³/mol. The highest BCUT2D eigenvalue weighted by Crippen LogP contribution is 2.17. The van der Waals surface area contributed by atoms with Crippen molar-refractivity contribution in [1.82, 2.24) is 0 Å². The normalized spacial score (nSPS) is 10.4. The highest BCUT2D eigenvalue weighted by atomic mass is 35.5. The zero-order chi connectivity index (χ0) is 17.2. The second kappa shape index (κ2) is 9.99. The standard InChI is InChI=1S/C20H24ClNO2/c1-2-3-4-14-24-19-11-9-18(10-12-19)22-20(23)13-8-16-6-5-7-17(21)15-16/h5-7,9-12,15H,2-4,8,13-14H2,1H3,(H,22,23). The summed E-state index contributed by atoms with van der Waals surface area (Å²) in [5.74, 6) is 0.828. The average molecular weight is 346 g/mol. The number of unbranched alkanes of at least 4 members (excludes halogenated alkanes) is 2. The minimum absolute atomic E-state index is 0.00779. The molecule has 24 heavy (non-hydrogen) atoms. The van der Waals surface area contributed by atoms with Crippen molar-refractivity contribution >= 4 is 23.2 Å². The van der Waals surface area contributed by atoms with E-state index < -0.39 is 0 Å². The maximum atomic E-state index is 12.0. The van der Waals surface area contributed by atoms with Gasteiger partial charge in [-0.3, -0.25) is 4.79 Å². The number of nitrogens with one attached hydrogen (secondary N) is 1. The maximum absolute atomic E-state index is 12.0. The van der Waals surface area contributed by atoms with Gasteiger partial charge in [-0.1, -0.05) is 43.5 Å². The number of hydrogen-bond acceptors (Lipinski definition) is 2. The zero-order valence-corrected chi connectivity index (χ0v) is 14.8. The van der Waals surface area contributed by atoms with E-state index in [1.54, 1.807) is 0 Å². The number of rotatable bonds is 9. The number of aryl methyl sites for hydroxylation is 1. The van der Waals surface area contributed by atoms with Crippen LogP contribution in [0.1, 0.15) is 38.2 Å². The van der Waals surface area contributed by atoms with E-state index in [0.29, 0.717) is 17.9 Å². The van der Waals surface area contributed by atoms with Gasteiger partial charge in [-0.2, -0.15) is 0 Å². The van der Waals surface area contributed by atoms with Gasteiger partial charge in [0.1, 0.15) is 5.75 Å². The summed E-state index contributed by atoms with van der Waals surface area (Å²) in [7, 11) is 0. The lowest BCUT2D eigenvalue weighted by Crippen LogP contribution is -2.12. The second-order valence-corrected chi connectivity index (χ2v) is 6.19. The van der Waals surface area contributed by atoms with Crippen LogP contribution in [-0.2, 0) is 11.2 Å². The first-order chi connectivity index (χ1) is 11.7. The molecule has 0 fully saturated rings. The maximum Gasteiger partial charge on any atom is 0.224 e. The van der Waals surface area contributed by atoms with Crippen molar-refractivity contribution in [3.05, 3.63) is 59.1 Å². The smallest absolute Gasteiger partial charge is 0.224 e. The Balaban J connectivity index is 1.75. The number of benzene rings is 2. The Morgan fingerprint density at radius 3 is 2.62 bits per heavy atom. The molecule has 0 atom stereocenters. The molecule has 1 amide bonds. The molecule has 2 rings (SSSR count). The third-order valence-electron chi connectivity index (χ3n) is 3.68. The number of anilines is 1. The van der Waals surface area contributed by atoms with E-state index in [-0.39, 0.29) is 5.91 Å². The number of ether oxygens (including phenoxy) is 1. The molecule has 0 aliphatic carbocycles. The van der Waals surface area contributed by atoms with Crippen molar-refractivity contribution in [3.8, 4) is 5.75 Å². The summed E-state index contributed by atoms with van der Waals surface area (Å²) in [6.07, 6.45) is 4.53. The van der Waals surface area contributed by atoms with Gasteiger partial charge in [0.25, 0.3) is 0 Å². The van der Waals surface area contributed by atoms with Gasteiger partial charge in [-0.25, -0.2) is 0 Å². The topological polar surface area (TPSA) is 38.3 Å². The Hall–Kier alpha value is -2.00. The van der Waals surface area contributed by atoms with E-state index in [0.717, 1.165) is 30.0 Å². The highest BCUT2D eigenvalue weighted by molar-refractivity contribution is 6.30. The van der Waals surface area contributed by atoms with Crippen LogP contribution >= 0.6 is 11.6 Å². The van der Waals surface area contributed by atoms with Crippen LogP contribution in [-0.4, -0.2) is 12.5 Å². The van der Waals surface area contributed by atoms with Crippen LogP contribution in [0.5, 0.6) is 5.75 Å². The minimum Gasteiger partial charge on any atom is -0.494 e. The van der Waals surface area contributed by atoms with E-state index in [9.17, 15) is 4.79 Å². The molecule has 3 nitrogen and oxygen atoms in total. The first kappa shape index (κ1) is 18.3. The third-order valence-corrected chi connectivity index (χ3v) is 3.92. The molecule has 0 saturated heterocycles. The van der Waals surface area contributed by atoms with Gasteiger partial charge >= 0.3 is 0 Å². The van der Waals surface area contributed by atoms with Crippen LogP contribution in [0.3, 0.4) is 0 Å². The Labute approximate surface area is 149 Å². The summed E-state index contributed by atoms with van der Waals surface area (Å²) < 4.78 is 5.66. The third kappa shape index (κ3) is 6.63. The van der Waals surface area contributed by atoms with E-state index in [1.807, 2.05) is 48.5 Å². The van der Waals surface area contributed by atoms with Crippen LogP contribution in [0.2, 0.25) is 5.02 Å². The number of hydrogen-bond donors (Lipinski definition) is 1. The van der Waals surface area contributed by atoms with Gasteiger partial charge in [-0.15, -0.1) is 0 Å². The molecule has 0 radical (unpaired) electrons. The lowest BCUT2D eigenvalue weighted by atomic mass is 10.1. The average Bonchev–Trinajstić information content (AvgIpc) is 2.58. The van der Waals surface area contributed by atoms with Crippen LogP contribution in [0.25, 0.3) is 0 Å². The van der Waals surface area contributed by atoms with E-state index in [1.165, 1.54) is 12.8 Å². The molecule has 0 bridgehead atoms. The van der Waals surface area contributed by atoms with Crippen molar-refractivity contribution in [2.24, 2.45) is 0 Å². The number of amides is 1. The van der Waals surface area contributed by atoms with Gasteiger partial charge in [0.2, 0.25) is 5.91 Å². The molecule has 0 saturated carbocycles. The molecule has 128 valence electrons. The number of halogens is 1. The first-order valence-corrected chi connectivity index (χ1v) is 8.82. The SMILES string of the molecule is CCCCCOc1ccc(NC(=O)CCc2cccc(Cl)c2)cc1. The molecule has 0 aliphatic heterocycles. The summed E-state index contributed by atoms with van der Waals surface area (Å²) in [6, 6.07) is 15.1. The molecule has 0 spiro atoms. The fourth-order valence-electron chi connectivity index (χ4n) is 2.35. The van der Waals surface area contributed by atoms with Gasteiger partial charge in [0.15, 0.2) is 0 Å². The monoisotopic (exact) mass is 345 g/mol. The van der Waals surface area contributed by atoms with Gasteiger partial charge in [0, 0.05) is 17.1 Å². The highest BCUT2D eigenvalue weighted by Gasteiger charge is 2.04. The Kier molecular flexibility index (Phi) is 7.63. The molecule has 0 aromatic heterocycles. The Morgan fingerprint density at radius 1 is 1.12 bits per heavy atom. The minimum atomic E-state index is -0.00779. The summed E-state index contributed by atoms with van der Waals surface area (Å²) in [6.45, 7) is 2.91. The van der Waals surface area contributed by atoms with Crippen molar-refractivity contribution in [1.29, 1.82) is 0 Å². The van der Waals surface area contributed by atoms with Crippen molar-refractivity contribution in [3.63, 3.8) is 0 Å². The van der Waals surface area contributed by atoms with E-state index >= 15 is 0 Å². The van der Waals surface area contributed by atoms with Crippen LogP contribution in [0, 0.1) is 0 Å². The number of carbonyl (C=O) groups excluding carboxylic acids is 1. The molecule has 2 aromatic carbocycles. The molecule has 1 N–H and O–H groups in total. The van der Waals surface area contributed by atoms with Crippen molar-refractivity contribution in [2.75, 3.05) is 11.9 Å². The van der Waals surface area contributed by atoms with Crippen molar-refractivity contribution in [2.45, 2.75) is 39.0 Å². The largest absolute Gasteiger partial charge is 0.494 e. The molecule has 0 aliphatic rings. The summed E-state index contributed by atoms with van der Waals surface area (Å²) in [5.41, 5.74) is 1.85. The zero-order valence-electron chi connectivity index (χ0n) is 14.1. The van der Waals surface area contributed by atoms with E-state index in [4.69, 9.17) is 16.3 Å². The fraction of sp³-hybridized carbons (Fsp3) is 0.350. The van der Waals surface area contributed by atoms with Crippen LogP contribution in [0.15, 0.2) is 48.5 Å². The van der Waals surface area contributed by atoms with Crippen molar-refractivity contribution < 1.29 is 9.53 Å². The summed E-state index contributed by atoms with van der Waals surface area (Å²) in [5, 5.41) is 3.60. The van der Waals surface area contributed by atoms with E-state index in [2.05, 4.69) is 12.2 Å². The fourth-order valence-corrected chi connectivity index (χ4v) is 2.56. The second-order valence-electron chi connectivity index (χ2n) is 5.76. The molecular formula is C20H24ClNO2. The van der Waals surface area contributed by atoms with Gasteiger partial charge in [0.05, 0.1) is 6.61 Å². The Bertz CT molecular complexity index is 640. The lowest BCUT2D eigenvalue weighted by Gasteiger charge is -2.08. The lowest BCUT2D eigenvalue weighted by molar-refractivity contribution is -0.116. The van der Waals surface area contributed by atoms with Gasteiger partial charge < -0.3 is 10.1 Å². The summed E-state index contributed by atoms with van der Waals surface area (Å²) >= 11 is 5.95. The molecule has 2 aromatic rings. The quantitative estimate of drug-likeness (QED) is 0.611. The predicted octanol–water partition coefficient (Wildman–Crippen LogP) is 5.48. The summed E-state index contributed by atoms with van der Waals surface area (Å²) in [4.78, 5) is 12.0. The molecule has 0 unspecified atom stereocenters. The van der Waals surface area contributed by atoms with Crippen LogP contribution in [0.4, 0.5) is 5.69 Å². The van der Waals surface area contributed by atoms with Gasteiger partial charge in [-0.05, 0) is 54.8 Å². The first-order valence-electron chi connectivity index (χ1n) is 8.44. The number of carbonyl (C=O) groups is 1. The Morgan fingerprint density at radius 2 is 1.92 bits per heavy atom. The van der Waals surface area contributed by atoms with Crippen LogP contribution < -0.4 is 10.1 Å². The molecule has 0 heterocycles.